The molecule has 210 valence electrons. The molecule has 0 bridgehead atoms. The molecule has 2 aromatic rings. The van der Waals surface area contributed by atoms with Gasteiger partial charge < -0.3 is 20.3 Å². The monoisotopic (exact) mass is 537 g/mol. The number of benzene rings is 2. The number of rotatable bonds is 10. The lowest BCUT2D eigenvalue weighted by Gasteiger charge is -2.20. The predicted octanol–water partition coefficient (Wildman–Crippen LogP) is 5.25. The largest absolute Gasteiger partial charge is 0.493 e. The Balaban J connectivity index is 1.58. The van der Waals surface area contributed by atoms with Gasteiger partial charge in [-0.2, -0.15) is 0 Å². The summed E-state index contributed by atoms with van der Waals surface area (Å²) in [5.74, 6) is -0.486. The number of carbonyl (C=O) groups excluding carboxylic acids is 3. The van der Waals surface area contributed by atoms with Crippen LogP contribution in [0.5, 0.6) is 5.75 Å². The second-order valence-electron chi connectivity index (χ2n) is 11.9. The van der Waals surface area contributed by atoms with Crippen LogP contribution in [0.15, 0.2) is 30.3 Å². The maximum absolute atomic E-state index is 15.0. The third kappa shape index (κ3) is 7.80. The van der Waals surface area contributed by atoms with E-state index in [9.17, 15) is 14.4 Å². The molecule has 4 rings (SSSR count). The van der Waals surface area contributed by atoms with Crippen molar-refractivity contribution in [2.45, 2.75) is 72.3 Å². The molecule has 1 saturated carbocycles. The number of amides is 3. The normalized spacial score (nSPS) is 15.3. The molecule has 0 radical (unpaired) electrons. The van der Waals surface area contributed by atoms with Crippen molar-refractivity contribution in [1.82, 2.24) is 15.5 Å². The summed E-state index contributed by atoms with van der Waals surface area (Å²) in [6, 6.07) is 8.17. The molecule has 39 heavy (non-hydrogen) atoms. The highest BCUT2D eigenvalue weighted by Gasteiger charge is 2.25. The van der Waals surface area contributed by atoms with Gasteiger partial charge in [0.05, 0.1) is 6.61 Å². The van der Waals surface area contributed by atoms with Gasteiger partial charge in [0.1, 0.15) is 11.6 Å². The van der Waals surface area contributed by atoms with E-state index < -0.39 is 5.82 Å². The van der Waals surface area contributed by atoms with Crippen LogP contribution in [0.25, 0.3) is 11.1 Å². The lowest BCUT2D eigenvalue weighted by atomic mass is 9.95. The zero-order chi connectivity index (χ0) is 28.2. The second-order valence-corrected chi connectivity index (χ2v) is 11.9. The molecule has 3 amide bonds. The van der Waals surface area contributed by atoms with Gasteiger partial charge in [-0.15, -0.1) is 0 Å². The fourth-order valence-corrected chi connectivity index (χ4v) is 4.57. The molecule has 8 heteroatoms. The van der Waals surface area contributed by atoms with Crippen molar-refractivity contribution in [3.63, 3.8) is 0 Å². The van der Waals surface area contributed by atoms with Gasteiger partial charge in [0, 0.05) is 48.8 Å². The smallest absolute Gasteiger partial charge is 0.251 e. The van der Waals surface area contributed by atoms with E-state index in [1.54, 1.807) is 31.2 Å². The summed E-state index contributed by atoms with van der Waals surface area (Å²) >= 11 is 0. The third-order valence-corrected chi connectivity index (χ3v) is 7.08. The molecule has 0 spiro atoms. The van der Waals surface area contributed by atoms with Crippen LogP contribution < -0.4 is 15.4 Å². The number of carbonyl (C=O) groups is 3. The standard InChI is InChI=1S/C31H40FN3O4/c1-20-25(16-22(17-26(20)32)30(38)34-23-10-11-23)24-12-9-21(29(37)33-19-31(2,3)4)18-27(24)39-15-7-8-28(36)35-13-5-6-14-35/h9,12,16-18,23H,5-8,10-11,13-15,19H2,1-4H3,(H,33,37)(H,34,38). The van der Waals surface area contributed by atoms with E-state index in [4.69, 9.17) is 4.74 Å². The molecule has 2 N–H and O–H groups in total. The van der Waals surface area contributed by atoms with Gasteiger partial charge in [-0.25, -0.2) is 4.39 Å². The summed E-state index contributed by atoms with van der Waals surface area (Å²) in [6.07, 6.45) is 4.86. The van der Waals surface area contributed by atoms with Gasteiger partial charge >= 0.3 is 0 Å². The van der Waals surface area contributed by atoms with Crippen molar-refractivity contribution in [3.05, 3.63) is 52.8 Å². The van der Waals surface area contributed by atoms with Crippen molar-refractivity contribution in [2.24, 2.45) is 5.41 Å². The Kier molecular flexibility index (Phi) is 8.93. The summed E-state index contributed by atoms with van der Waals surface area (Å²) in [6.45, 7) is 10.2. The molecular formula is C31H40FN3O4. The highest BCUT2D eigenvalue weighted by molar-refractivity contribution is 5.98. The fraction of sp³-hybridized carbons (Fsp3) is 0.516. The van der Waals surface area contributed by atoms with Crippen molar-refractivity contribution >= 4 is 17.7 Å². The first-order chi connectivity index (χ1) is 18.5. The second kappa shape index (κ2) is 12.2. The van der Waals surface area contributed by atoms with E-state index in [0.717, 1.165) is 38.8 Å². The third-order valence-electron chi connectivity index (χ3n) is 7.08. The van der Waals surface area contributed by atoms with Crippen molar-refractivity contribution in [2.75, 3.05) is 26.2 Å². The van der Waals surface area contributed by atoms with E-state index in [1.165, 1.54) is 6.07 Å². The Morgan fingerprint density at radius 2 is 1.72 bits per heavy atom. The Labute approximate surface area is 230 Å². The number of nitrogens with one attached hydrogen (secondary N) is 2. The number of halogens is 1. The van der Waals surface area contributed by atoms with Gasteiger partial charge in [-0.3, -0.25) is 14.4 Å². The van der Waals surface area contributed by atoms with Crippen LogP contribution in [0.3, 0.4) is 0 Å². The number of hydrogen-bond donors (Lipinski definition) is 2. The number of hydrogen-bond acceptors (Lipinski definition) is 4. The maximum Gasteiger partial charge on any atom is 0.251 e. The first-order valence-electron chi connectivity index (χ1n) is 14.0. The summed E-state index contributed by atoms with van der Waals surface area (Å²) in [4.78, 5) is 39.9. The van der Waals surface area contributed by atoms with Gasteiger partial charge in [-0.1, -0.05) is 20.8 Å². The molecule has 0 aromatic heterocycles. The van der Waals surface area contributed by atoms with Crippen LogP contribution in [0, 0.1) is 18.2 Å². The maximum atomic E-state index is 15.0. The van der Waals surface area contributed by atoms with E-state index >= 15 is 4.39 Å². The van der Waals surface area contributed by atoms with Crippen molar-refractivity contribution in [1.29, 1.82) is 0 Å². The molecule has 2 aliphatic rings. The van der Waals surface area contributed by atoms with Gasteiger partial charge in [0.25, 0.3) is 11.8 Å². The minimum Gasteiger partial charge on any atom is -0.493 e. The van der Waals surface area contributed by atoms with Crippen molar-refractivity contribution < 1.29 is 23.5 Å². The van der Waals surface area contributed by atoms with Crippen molar-refractivity contribution in [3.8, 4) is 16.9 Å². The molecule has 7 nitrogen and oxygen atoms in total. The number of likely N-dealkylation sites (tertiary alicyclic amines) is 1. The van der Waals surface area contributed by atoms with Gasteiger partial charge in [0.2, 0.25) is 5.91 Å². The predicted molar refractivity (Wildman–Crippen MR) is 149 cm³/mol. The molecule has 1 aliphatic heterocycles. The van der Waals surface area contributed by atoms with Crippen LogP contribution in [0.1, 0.15) is 85.6 Å². The number of ether oxygens (including phenoxy) is 1. The molecule has 2 aromatic carbocycles. The minimum atomic E-state index is -0.484. The van der Waals surface area contributed by atoms with E-state index in [0.29, 0.717) is 47.4 Å². The molecule has 1 aliphatic carbocycles. The first-order valence-corrected chi connectivity index (χ1v) is 14.0. The Morgan fingerprint density at radius 1 is 1.00 bits per heavy atom. The lowest BCUT2D eigenvalue weighted by Crippen LogP contribution is -2.32. The zero-order valence-corrected chi connectivity index (χ0v) is 23.5. The summed E-state index contributed by atoms with van der Waals surface area (Å²) in [5.41, 5.74) is 2.09. The van der Waals surface area contributed by atoms with E-state index in [2.05, 4.69) is 10.6 Å². The van der Waals surface area contributed by atoms with Crippen LogP contribution in [0.2, 0.25) is 0 Å². The fourth-order valence-electron chi connectivity index (χ4n) is 4.57. The highest BCUT2D eigenvalue weighted by Crippen LogP contribution is 2.35. The van der Waals surface area contributed by atoms with E-state index in [-0.39, 0.29) is 41.3 Å². The van der Waals surface area contributed by atoms with Crippen LogP contribution >= 0.6 is 0 Å². The van der Waals surface area contributed by atoms with Crippen LogP contribution in [0.4, 0.5) is 4.39 Å². The molecule has 2 fully saturated rings. The zero-order valence-electron chi connectivity index (χ0n) is 23.5. The first kappa shape index (κ1) is 28.6. The lowest BCUT2D eigenvalue weighted by molar-refractivity contribution is -0.130. The molecular weight excluding hydrogens is 497 g/mol. The Morgan fingerprint density at radius 3 is 2.38 bits per heavy atom. The summed E-state index contributed by atoms with van der Waals surface area (Å²) < 4.78 is 21.1. The topological polar surface area (TPSA) is 87.7 Å². The van der Waals surface area contributed by atoms with Crippen LogP contribution in [-0.4, -0.2) is 54.9 Å². The average molecular weight is 538 g/mol. The van der Waals surface area contributed by atoms with Gasteiger partial charge in [0.15, 0.2) is 0 Å². The highest BCUT2D eigenvalue weighted by atomic mass is 19.1. The molecule has 0 atom stereocenters. The number of nitrogens with zero attached hydrogens (tertiary/aromatic N) is 1. The van der Waals surface area contributed by atoms with Crippen LogP contribution in [-0.2, 0) is 4.79 Å². The molecule has 1 saturated heterocycles. The summed E-state index contributed by atoms with van der Waals surface area (Å²) in [7, 11) is 0. The Bertz CT molecular complexity index is 1230. The molecule has 1 heterocycles. The SMILES string of the molecule is Cc1c(F)cc(C(=O)NC2CC2)cc1-c1ccc(C(=O)NCC(C)(C)C)cc1OCCCC(=O)N1CCCC1. The Hall–Kier alpha value is -3.42. The van der Waals surface area contributed by atoms with Gasteiger partial charge in [-0.05, 0) is 85.9 Å². The molecule has 0 unspecified atom stereocenters. The summed E-state index contributed by atoms with van der Waals surface area (Å²) in [5, 5.41) is 5.86. The minimum absolute atomic E-state index is 0.0765. The quantitative estimate of drug-likeness (QED) is 0.405. The van der Waals surface area contributed by atoms with E-state index in [1.807, 2.05) is 25.7 Å². The average Bonchev–Trinajstić information content (AvgIpc) is 3.53.